The van der Waals surface area contributed by atoms with Gasteiger partial charge in [-0.3, -0.25) is 9.36 Å². The Morgan fingerprint density at radius 2 is 1.95 bits per heavy atom. The van der Waals surface area contributed by atoms with Crippen LogP contribution in [-0.2, 0) is 11.3 Å². The van der Waals surface area contributed by atoms with Gasteiger partial charge in [-0.2, -0.15) is 5.10 Å². The number of H-pyrrole nitrogens is 1. The fourth-order valence-electron chi connectivity index (χ4n) is 2.36. The van der Waals surface area contributed by atoms with E-state index >= 15 is 0 Å². The number of hydrogen-bond donors (Lipinski definition) is 2. The number of aliphatic carboxylic acids is 1. The van der Waals surface area contributed by atoms with Gasteiger partial charge in [0.05, 0.1) is 6.42 Å². The predicted molar refractivity (Wildman–Crippen MR) is 78.0 cm³/mol. The molecule has 0 saturated carbocycles. The van der Waals surface area contributed by atoms with E-state index in [0.717, 1.165) is 16.3 Å². The van der Waals surface area contributed by atoms with Crippen molar-refractivity contribution in [1.82, 2.24) is 14.8 Å². The molecule has 106 valence electrons. The van der Waals surface area contributed by atoms with Crippen LogP contribution in [-0.4, -0.2) is 25.8 Å². The van der Waals surface area contributed by atoms with Gasteiger partial charge in [-0.1, -0.05) is 42.5 Å². The number of rotatable bonds is 4. The van der Waals surface area contributed by atoms with Crippen LogP contribution in [0.4, 0.5) is 0 Å². The quantitative estimate of drug-likeness (QED) is 0.765. The molecule has 1 aromatic heterocycles. The second kappa shape index (κ2) is 5.24. The van der Waals surface area contributed by atoms with Crippen molar-refractivity contribution in [3.63, 3.8) is 0 Å². The highest BCUT2D eigenvalue weighted by Crippen LogP contribution is 2.26. The van der Waals surface area contributed by atoms with Crippen molar-refractivity contribution in [2.24, 2.45) is 0 Å². The number of hydrogen-bond acceptors (Lipinski definition) is 3. The van der Waals surface area contributed by atoms with Gasteiger partial charge in [0.15, 0.2) is 5.82 Å². The van der Waals surface area contributed by atoms with E-state index in [2.05, 4.69) is 10.2 Å². The number of fused-ring (bicyclic) bond motifs is 1. The minimum Gasteiger partial charge on any atom is -0.481 e. The van der Waals surface area contributed by atoms with Gasteiger partial charge >= 0.3 is 11.7 Å². The smallest absolute Gasteiger partial charge is 0.343 e. The van der Waals surface area contributed by atoms with Gasteiger partial charge in [0.2, 0.25) is 0 Å². The molecule has 6 heteroatoms. The Morgan fingerprint density at radius 3 is 2.76 bits per heavy atom. The summed E-state index contributed by atoms with van der Waals surface area (Å²) in [6.07, 6.45) is -0.128. The fraction of sp³-hybridized carbons (Fsp3) is 0.133. The second-order valence-electron chi connectivity index (χ2n) is 4.67. The summed E-state index contributed by atoms with van der Waals surface area (Å²) in [4.78, 5) is 22.5. The topological polar surface area (TPSA) is 88.0 Å². The van der Waals surface area contributed by atoms with Gasteiger partial charge in [0, 0.05) is 12.1 Å². The highest BCUT2D eigenvalue weighted by molar-refractivity contribution is 5.95. The van der Waals surface area contributed by atoms with Crippen LogP contribution in [0.15, 0.2) is 47.3 Å². The van der Waals surface area contributed by atoms with Gasteiger partial charge < -0.3 is 5.11 Å². The molecule has 0 fully saturated rings. The lowest BCUT2D eigenvalue weighted by atomic mass is 10.0. The average Bonchev–Trinajstić information content (AvgIpc) is 2.85. The zero-order valence-corrected chi connectivity index (χ0v) is 11.1. The molecule has 0 spiro atoms. The Bertz CT molecular complexity index is 858. The summed E-state index contributed by atoms with van der Waals surface area (Å²) in [5.74, 6) is -0.495. The number of carboxylic acid groups (broad SMARTS) is 1. The van der Waals surface area contributed by atoms with Crippen molar-refractivity contribution < 1.29 is 9.90 Å². The van der Waals surface area contributed by atoms with Gasteiger partial charge in [0.1, 0.15) is 0 Å². The first-order valence-electron chi connectivity index (χ1n) is 6.52. The van der Waals surface area contributed by atoms with Crippen molar-refractivity contribution in [2.45, 2.75) is 13.0 Å². The molecule has 0 bridgehead atoms. The zero-order valence-electron chi connectivity index (χ0n) is 11.1. The van der Waals surface area contributed by atoms with E-state index in [1.54, 1.807) is 0 Å². The van der Waals surface area contributed by atoms with Gasteiger partial charge in [-0.05, 0) is 10.8 Å². The summed E-state index contributed by atoms with van der Waals surface area (Å²) < 4.78 is 1.36. The van der Waals surface area contributed by atoms with Crippen LogP contribution >= 0.6 is 0 Å². The molecule has 2 N–H and O–H groups in total. The average molecular weight is 283 g/mol. The van der Waals surface area contributed by atoms with Crippen LogP contribution in [0.3, 0.4) is 0 Å². The molecule has 0 radical (unpaired) electrons. The third-order valence-corrected chi connectivity index (χ3v) is 3.34. The SMILES string of the molecule is O=C(O)CCn1c(-c2cccc3ccccc23)n[nH]c1=O. The van der Waals surface area contributed by atoms with E-state index in [1.807, 2.05) is 42.5 Å². The Hall–Kier alpha value is -2.89. The number of nitrogens with one attached hydrogen (secondary N) is 1. The number of carboxylic acids is 1. The standard InChI is InChI=1S/C15H13N3O3/c19-13(20)8-9-18-14(16-17-15(18)21)12-7-3-5-10-4-1-2-6-11(10)12/h1-7H,8-9H2,(H,17,21)(H,19,20). The molecular weight excluding hydrogens is 270 g/mol. The van der Waals surface area contributed by atoms with Crippen LogP contribution < -0.4 is 5.69 Å². The number of aromatic nitrogens is 3. The highest BCUT2D eigenvalue weighted by Gasteiger charge is 2.13. The number of nitrogens with zero attached hydrogens (tertiary/aromatic N) is 2. The Balaban J connectivity index is 2.15. The fourth-order valence-corrected chi connectivity index (χ4v) is 2.36. The van der Waals surface area contributed by atoms with Crippen LogP contribution in [0.2, 0.25) is 0 Å². The number of benzene rings is 2. The number of carbonyl (C=O) groups is 1. The minimum absolute atomic E-state index is 0.0865. The normalized spacial score (nSPS) is 10.9. The molecule has 3 aromatic rings. The predicted octanol–water partition coefficient (Wildman–Crippen LogP) is 1.87. The Morgan fingerprint density at radius 1 is 1.19 bits per heavy atom. The monoisotopic (exact) mass is 283 g/mol. The summed E-state index contributed by atoms with van der Waals surface area (Å²) in [5, 5.41) is 17.2. The summed E-state index contributed by atoms with van der Waals surface area (Å²) in [6, 6.07) is 13.5. The van der Waals surface area contributed by atoms with E-state index in [-0.39, 0.29) is 13.0 Å². The highest BCUT2D eigenvalue weighted by atomic mass is 16.4. The second-order valence-corrected chi connectivity index (χ2v) is 4.67. The molecule has 0 unspecified atom stereocenters. The third kappa shape index (κ3) is 2.43. The van der Waals surface area contributed by atoms with E-state index < -0.39 is 11.7 Å². The molecule has 0 amide bonds. The van der Waals surface area contributed by atoms with Crippen molar-refractivity contribution in [2.75, 3.05) is 0 Å². The molecule has 2 aromatic carbocycles. The first-order chi connectivity index (χ1) is 10.2. The van der Waals surface area contributed by atoms with Crippen LogP contribution in [0.5, 0.6) is 0 Å². The molecule has 0 aliphatic rings. The Labute approximate surface area is 119 Å². The molecule has 0 atom stereocenters. The summed E-state index contributed by atoms with van der Waals surface area (Å²) in [5.41, 5.74) is 0.399. The Kier molecular flexibility index (Phi) is 3.27. The molecule has 21 heavy (non-hydrogen) atoms. The lowest BCUT2D eigenvalue weighted by Crippen LogP contribution is -2.19. The van der Waals surface area contributed by atoms with Crippen LogP contribution in [0, 0.1) is 0 Å². The summed E-state index contributed by atoms with van der Waals surface area (Å²) >= 11 is 0. The first-order valence-corrected chi connectivity index (χ1v) is 6.52. The lowest BCUT2D eigenvalue weighted by molar-refractivity contribution is -0.137. The number of aromatic amines is 1. The molecule has 6 nitrogen and oxygen atoms in total. The van der Waals surface area contributed by atoms with E-state index in [1.165, 1.54) is 4.57 Å². The summed E-state index contributed by atoms with van der Waals surface area (Å²) in [7, 11) is 0. The molecule has 0 saturated heterocycles. The molecule has 0 aliphatic heterocycles. The van der Waals surface area contributed by atoms with Crippen molar-refractivity contribution in [3.05, 3.63) is 52.9 Å². The maximum Gasteiger partial charge on any atom is 0.343 e. The van der Waals surface area contributed by atoms with Crippen molar-refractivity contribution >= 4 is 16.7 Å². The molecule has 3 rings (SSSR count). The summed E-state index contributed by atoms with van der Waals surface area (Å²) in [6.45, 7) is 0.0865. The van der Waals surface area contributed by atoms with Gasteiger partial charge in [0.25, 0.3) is 0 Å². The van der Waals surface area contributed by atoms with Crippen LogP contribution in [0.1, 0.15) is 6.42 Å². The molecule has 1 heterocycles. The van der Waals surface area contributed by atoms with Crippen molar-refractivity contribution in [3.8, 4) is 11.4 Å². The van der Waals surface area contributed by atoms with Gasteiger partial charge in [-0.15, -0.1) is 0 Å². The molecule has 0 aliphatic carbocycles. The maximum absolute atomic E-state index is 11.8. The lowest BCUT2D eigenvalue weighted by Gasteiger charge is -2.07. The van der Waals surface area contributed by atoms with E-state index in [4.69, 9.17) is 5.11 Å². The van der Waals surface area contributed by atoms with E-state index in [9.17, 15) is 9.59 Å². The largest absolute Gasteiger partial charge is 0.481 e. The van der Waals surface area contributed by atoms with Crippen LogP contribution in [0.25, 0.3) is 22.2 Å². The zero-order chi connectivity index (χ0) is 14.8. The maximum atomic E-state index is 11.8. The minimum atomic E-state index is -0.952. The molecular formula is C15H13N3O3. The first kappa shape index (κ1) is 13.1. The third-order valence-electron chi connectivity index (χ3n) is 3.34. The van der Waals surface area contributed by atoms with Crippen molar-refractivity contribution in [1.29, 1.82) is 0 Å². The van der Waals surface area contributed by atoms with E-state index in [0.29, 0.717) is 5.82 Å². The van der Waals surface area contributed by atoms with Gasteiger partial charge in [-0.25, -0.2) is 9.89 Å².